The molecule has 0 bridgehead atoms. The van der Waals surface area contributed by atoms with Crippen molar-refractivity contribution in [2.45, 2.75) is 17.6 Å². The van der Waals surface area contributed by atoms with Crippen molar-refractivity contribution < 1.29 is 26.7 Å². The molecule has 26 heavy (non-hydrogen) atoms. The maximum absolute atomic E-state index is 12.6. The molecule has 6 nitrogen and oxygen atoms in total. The summed E-state index contributed by atoms with van der Waals surface area (Å²) in [6, 6.07) is 7.33. The molecule has 0 aliphatic carbocycles. The molecule has 0 spiro atoms. The van der Waals surface area contributed by atoms with Crippen LogP contribution in [-0.4, -0.2) is 27.3 Å². The molecule has 0 fully saturated rings. The molecule has 0 unspecified atom stereocenters. The monoisotopic (exact) mass is 404 g/mol. The van der Waals surface area contributed by atoms with Gasteiger partial charge in [-0.2, -0.15) is 8.78 Å². The topological polar surface area (TPSA) is 84.5 Å². The Hall–Kier alpha value is -2.39. The van der Waals surface area contributed by atoms with Crippen molar-refractivity contribution in [3.05, 3.63) is 47.0 Å². The van der Waals surface area contributed by atoms with Crippen LogP contribution in [0.5, 0.6) is 5.75 Å². The summed E-state index contributed by atoms with van der Waals surface area (Å²) in [6.07, 6.45) is 0. The number of benzene rings is 2. The number of alkyl halides is 2. The highest BCUT2D eigenvalue weighted by molar-refractivity contribution is 7.91. The fourth-order valence-corrected chi connectivity index (χ4v) is 2.93. The largest absolute Gasteiger partial charge is 0.495 e. The van der Waals surface area contributed by atoms with E-state index in [1.165, 1.54) is 7.11 Å². The Balaban J connectivity index is 2.20. The summed E-state index contributed by atoms with van der Waals surface area (Å²) in [7, 11) is -3.55. The van der Waals surface area contributed by atoms with Crippen molar-refractivity contribution in [1.29, 1.82) is 0 Å². The second-order valence-electron chi connectivity index (χ2n) is 5.21. The van der Waals surface area contributed by atoms with Crippen LogP contribution in [0.2, 0.25) is 5.02 Å². The average Bonchev–Trinajstić information content (AvgIpc) is 2.58. The fourth-order valence-electron chi connectivity index (χ4n) is 2.01. The molecule has 0 radical (unpaired) electrons. The number of nitrogens with one attached hydrogen (secondary N) is 2. The van der Waals surface area contributed by atoms with Crippen LogP contribution in [0.3, 0.4) is 0 Å². The Morgan fingerprint density at radius 3 is 2.42 bits per heavy atom. The molecule has 0 aliphatic heterocycles. The van der Waals surface area contributed by atoms with E-state index in [2.05, 4.69) is 10.6 Å². The zero-order chi connectivity index (χ0) is 19.5. The van der Waals surface area contributed by atoms with Gasteiger partial charge in [0, 0.05) is 16.8 Å². The van der Waals surface area contributed by atoms with Crippen LogP contribution in [0.4, 0.5) is 25.0 Å². The first kappa shape index (κ1) is 19.9. The summed E-state index contributed by atoms with van der Waals surface area (Å²) in [6.45, 7) is 1.81. The number of sulfone groups is 1. The lowest BCUT2D eigenvalue weighted by Crippen LogP contribution is -2.20. The third-order valence-corrected chi connectivity index (χ3v) is 5.20. The number of urea groups is 1. The minimum absolute atomic E-state index is 0.0798. The van der Waals surface area contributed by atoms with Crippen LogP contribution < -0.4 is 15.4 Å². The van der Waals surface area contributed by atoms with Crippen molar-refractivity contribution in [2.75, 3.05) is 17.7 Å². The summed E-state index contributed by atoms with van der Waals surface area (Å²) in [5.41, 5.74) is 1.39. The van der Waals surface area contributed by atoms with E-state index in [1.54, 1.807) is 18.2 Å². The highest BCUT2D eigenvalue weighted by Crippen LogP contribution is 2.30. The van der Waals surface area contributed by atoms with E-state index in [0.29, 0.717) is 10.7 Å². The molecule has 2 rings (SSSR count). The van der Waals surface area contributed by atoms with Crippen LogP contribution in [0, 0.1) is 6.92 Å². The second-order valence-corrected chi connectivity index (χ2v) is 7.54. The minimum atomic E-state index is -4.77. The molecule has 0 aliphatic rings. The molecular weight excluding hydrogens is 390 g/mol. The lowest BCUT2D eigenvalue weighted by atomic mass is 10.2. The van der Waals surface area contributed by atoms with Crippen molar-refractivity contribution in [3.63, 3.8) is 0 Å². The number of hydrogen-bond donors (Lipinski definition) is 2. The lowest BCUT2D eigenvalue weighted by molar-refractivity contribution is 0.234. The normalized spacial score (nSPS) is 11.3. The number of carbonyl (C=O) groups excluding carboxylic acids is 1. The van der Waals surface area contributed by atoms with E-state index in [9.17, 15) is 22.0 Å². The zero-order valence-corrected chi connectivity index (χ0v) is 15.3. The van der Waals surface area contributed by atoms with E-state index in [-0.39, 0.29) is 11.4 Å². The first-order valence-corrected chi connectivity index (χ1v) is 9.12. The highest BCUT2D eigenvalue weighted by atomic mass is 35.5. The van der Waals surface area contributed by atoms with Gasteiger partial charge >= 0.3 is 11.8 Å². The number of methoxy groups -OCH3 is 1. The Bertz CT molecular complexity index is 936. The van der Waals surface area contributed by atoms with Gasteiger partial charge in [0.25, 0.3) is 0 Å². The van der Waals surface area contributed by atoms with Gasteiger partial charge in [0.15, 0.2) is 0 Å². The molecular formula is C16H15ClF2N2O4S. The molecule has 10 heteroatoms. The Kier molecular flexibility index (Phi) is 6.04. The van der Waals surface area contributed by atoms with Crippen molar-refractivity contribution >= 4 is 38.8 Å². The second kappa shape index (κ2) is 7.88. The highest BCUT2D eigenvalue weighted by Gasteiger charge is 2.27. The number of hydrogen-bond acceptors (Lipinski definition) is 4. The summed E-state index contributed by atoms with van der Waals surface area (Å²) >= 11 is 5.98. The number of ether oxygens (including phenoxy) is 1. The minimum Gasteiger partial charge on any atom is -0.495 e. The summed E-state index contributed by atoms with van der Waals surface area (Å²) < 4.78 is 53.3. The number of halogens is 3. The van der Waals surface area contributed by atoms with Gasteiger partial charge in [0.2, 0.25) is 9.84 Å². The quantitative estimate of drug-likeness (QED) is 0.778. The summed E-state index contributed by atoms with van der Waals surface area (Å²) in [4.78, 5) is 11.5. The van der Waals surface area contributed by atoms with Crippen LogP contribution in [0.15, 0.2) is 41.3 Å². The molecule has 2 amide bonds. The summed E-state index contributed by atoms with van der Waals surface area (Å²) in [5.74, 6) is -3.63. The SMILES string of the molecule is COc1cc(S(=O)(=O)C(F)F)ccc1NC(=O)Nc1ccc(C)c(Cl)c1. The molecule has 0 saturated heterocycles. The van der Waals surface area contributed by atoms with Crippen LogP contribution in [-0.2, 0) is 9.84 Å². The molecule has 2 aromatic rings. The fraction of sp³-hybridized carbons (Fsp3) is 0.188. The standard InChI is InChI=1S/C16H15ClF2N2O4S/c1-9-3-4-10(7-12(9)17)20-16(22)21-13-6-5-11(8-14(13)25-2)26(23,24)15(18)19/h3-8,15H,1-2H3,(H2,20,21,22). The van der Waals surface area contributed by atoms with Crippen molar-refractivity contribution in [3.8, 4) is 5.75 Å². The van der Waals surface area contributed by atoms with Crippen molar-refractivity contribution in [1.82, 2.24) is 0 Å². The van der Waals surface area contributed by atoms with E-state index in [4.69, 9.17) is 16.3 Å². The molecule has 2 N–H and O–H groups in total. The van der Waals surface area contributed by atoms with E-state index in [0.717, 1.165) is 23.8 Å². The van der Waals surface area contributed by atoms with Gasteiger partial charge in [-0.3, -0.25) is 0 Å². The smallest absolute Gasteiger partial charge is 0.341 e. The number of rotatable bonds is 5. The third-order valence-electron chi connectivity index (χ3n) is 3.41. The molecule has 0 heterocycles. The van der Waals surface area contributed by atoms with Crippen LogP contribution in [0.1, 0.15) is 5.56 Å². The third kappa shape index (κ3) is 4.41. The maximum Gasteiger partial charge on any atom is 0.341 e. The van der Waals surface area contributed by atoms with E-state index >= 15 is 0 Å². The molecule has 0 aromatic heterocycles. The number of aryl methyl sites for hydroxylation is 1. The number of carbonyl (C=O) groups is 1. The molecule has 2 aromatic carbocycles. The predicted molar refractivity (Wildman–Crippen MR) is 95.0 cm³/mol. The first-order chi connectivity index (χ1) is 12.1. The molecule has 0 atom stereocenters. The van der Waals surface area contributed by atoms with Gasteiger partial charge in [-0.1, -0.05) is 17.7 Å². The molecule has 140 valence electrons. The molecule has 0 saturated carbocycles. The van der Waals surface area contributed by atoms with Gasteiger partial charge < -0.3 is 15.4 Å². The van der Waals surface area contributed by atoms with Gasteiger partial charge in [0.05, 0.1) is 17.7 Å². The first-order valence-electron chi connectivity index (χ1n) is 7.19. The van der Waals surface area contributed by atoms with Gasteiger partial charge in [0.1, 0.15) is 5.75 Å². The average molecular weight is 405 g/mol. The lowest BCUT2D eigenvalue weighted by Gasteiger charge is -2.13. The van der Waals surface area contributed by atoms with E-state index < -0.39 is 26.5 Å². The zero-order valence-electron chi connectivity index (χ0n) is 13.7. The van der Waals surface area contributed by atoms with Crippen LogP contribution in [0.25, 0.3) is 0 Å². The van der Waals surface area contributed by atoms with Gasteiger partial charge in [-0.15, -0.1) is 0 Å². The van der Waals surface area contributed by atoms with Gasteiger partial charge in [-0.25, -0.2) is 13.2 Å². The van der Waals surface area contributed by atoms with Gasteiger partial charge in [-0.05, 0) is 36.8 Å². The maximum atomic E-state index is 12.6. The Labute approximate surface area is 154 Å². The Morgan fingerprint density at radius 1 is 1.15 bits per heavy atom. The predicted octanol–water partition coefficient (Wildman–Crippen LogP) is 4.30. The Morgan fingerprint density at radius 2 is 1.85 bits per heavy atom. The number of anilines is 2. The van der Waals surface area contributed by atoms with Crippen molar-refractivity contribution in [2.24, 2.45) is 0 Å². The van der Waals surface area contributed by atoms with E-state index in [1.807, 2.05) is 6.92 Å². The number of amides is 2. The summed E-state index contributed by atoms with van der Waals surface area (Å²) in [5, 5.41) is 5.47. The van der Waals surface area contributed by atoms with Crippen LogP contribution >= 0.6 is 11.6 Å².